The van der Waals surface area contributed by atoms with Gasteiger partial charge in [-0.1, -0.05) is 4.89 Å². The summed E-state index contributed by atoms with van der Waals surface area (Å²) >= 11 is 0. The van der Waals surface area contributed by atoms with Gasteiger partial charge in [0.2, 0.25) is 5.82 Å². The molecule has 0 aliphatic carbocycles. The van der Waals surface area contributed by atoms with Crippen LogP contribution in [0.2, 0.25) is 0 Å². The summed E-state index contributed by atoms with van der Waals surface area (Å²) in [5, 5.41) is 18.7. The molecule has 0 saturated carbocycles. The molecule has 0 aliphatic rings. The van der Waals surface area contributed by atoms with Gasteiger partial charge in [0.05, 0.1) is 9.82 Å². The summed E-state index contributed by atoms with van der Waals surface area (Å²) in [7, 11) is -4.34. The molecule has 0 saturated heterocycles. The highest BCUT2D eigenvalue weighted by atomic mass is 32.2. The van der Waals surface area contributed by atoms with Crippen LogP contribution in [-0.2, 0) is 19.7 Å². The highest BCUT2D eigenvalue weighted by molar-refractivity contribution is 7.89. The van der Waals surface area contributed by atoms with E-state index in [-0.39, 0.29) is 0 Å². The zero-order chi connectivity index (χ0) is 14.6. The van der Waals surface area contributed by atoms with Crippen LogP contribution in [0.3, 0.4) is 0 Å². The maximum absolute atomic E-state index is 13.0. The lowest BCUT2D eigenvalue weighted by atomic mass is 10.3. The topological polar surface area (TPSA) is 136 Å². The second kappa shape index (κ2) is 5.69. The predicted molar refractivity (Wildman–Crippen MR) is 57.0 cm³/mol. The molecule has 0 spiro atoms. The third-order valence-corrected chi connectivity index (χ3v) is 3.00. The standard InChI is InChI=1S/C8H7FN2O7S/c9-6-2-1-5(3-7(6)11(14)15)19(16,17)10-18-4-8(12)13/h1-3,10H,4H2,(H,12,13). The Bertz CT molecular complexity index is 616. The highest BCUT2D eigenvalue weighted by Gasteiger charge is 2.21. The number of aliphatic carboxylic acids is 1. The average molecular weight is 294 g/mol. The molecule has 1 aromatic rings. The molecule has 104 valence electrons. The van der Waals surface area contributed by atoms with Gasteiger partial charge in [0, 0.05) is 6.07 Å². The Morgan fingerprint density at radius 2 is 2.16 bits per heavy atom. The molecule has 0 unspecified atom stereocenters. The Hall–Kier alpha value is -2.11. The lowest BCUT2D eigenvalue weighted by Crippen LogP contribution is -2.27. The van der Waals surface area contributed by atoms with E-state index in [1.54, 1.807) is 0 Å². The first kappa shape index (κ1) is 14.9. The molecule has 0 radical (unpaired) electrons. The zero-order valence-corrected chi connectivity index (χ0v) is 9.89. The molecule has 0 fully saturated rings. The minimum absolute atomic E-state index is 0.488. The molecule has 2 N–H and O–H groups in total. The van der Waals surface area contributed by atoms with E-state index in [0.29, 0.717) is 12.1 Å². The maximum atomic E-state index is 13.0. The lowest BCUT2D eigenvalue weighted by molar-refractivity contribution is -0.387. The van der Waals surface area contributed by atoms with Gasteiger partial charge in [-0.3, -0.25) is 15.0 Å². The van der Waals surface area contributed by atoms with Crippen molar-refractivity contribution < 1.29 is 32.5 Å². The maximum Gasteiger partial charge on any atom is 0.331 e. The number of nitro benzene ring substituents is 1. The van der Waals surface area contributed by atoms with Gasteiger partial charge < -0.3 is 5.11 Å². The second-order valence-electron chi connectivity index (χ2n) is 3.14. The summed E-state index contributed by atoms with van der Waals surface area (Å²) < 4.78 is 36.1. The van der Waals surface area contributed by atoms with Crippen molar-refractivity contribution in [1.82, 2.24) is 4.89 Å². The van der Waals surface area contributed by atoms with Crippen LogP contribution in [0, 0.1) is 15.9 Å². The van der Waals surface area contributed by atoms with Gasteiger partial charge in [0.15, 0.2) is 6.61 Å². The molecule has 9 nitrogen and oxygen atoms in total. The van der Waals surface area contributed by atoms with Gasteiger partial charge in [-0.25, -0.2) is 13.2 Å². The van der Waals surface area contributed by atoms with E-state index < -0.39 is 43.9 Å². The van der Waals surface area contributed by atoms with Crippen LogP contribution in [0.25, 0.3) is 0 Å². The minimum atomic E-state index is -4.34. The number of carboxylic acids is 1. The van der Waals surface area contributed by atoms with Crippen molar-refractivity contribution in [1.29, 1.82) is 0 Å². The molecule has 19 heavy (non-hydrogen) atoms. The number of rotatable bonds is 6. The molecule has 1 rings (SSSR count). The molecule has 1 aromatic carbocycles. The summed E-state index contributed by atoms with van der Waals surface area (Å²) in [6.07, 6.45) is 0. The summed E-state index contributed by atoms with van der Waals surface area (Å²) in [5.74, 6) is -2.62. The number of benzene rings is 1. The molecule has 11 heteroatoms. The summed E-state index contributed by atoms with van der Waals surface area (Å²) in [4.78, 5) is 24.4. The smallest absolute Gasteiger partial charge is 0.331 e. The molecule has 0 aliphatic heterocycles. The van der Waals surface area contributed by atoms with Gasteiger partial charge in [-0.15, -0.1) is 0 Å². The van der Waals surface area contributed by atoms with Gasteiger partial charge in [-0.05, 0) is 12.1 Å². The number of nitrogens with one attached hydrogen (secondary N) is 1. The van der Waals surface area contributed by atoms with Crippen molar-refractivity contribution in [2.45, 2.75) is 4.90 Å². The Kier molecular flexibility index (Phi) is 4.47. The first-order valence-corrected chi connectivity index (χ1v) is 6.01. The summed E-state index contributed by atoms with van der Waals surface area (Å²) in [5.41, 5.74) is -1.03. The van der Waals surface area contributed by atoms with E-state index in [1.807, 2.05) is 0 Å². The molecule has 0 amide bonds. The highest BCUT2D eigenvalue weighted by Crippen LogP contribution is 2.21. The molecular weight excluding hydrogens is 287 g/mol. The van der Waals surface area contributed by atoms with Gasteiger partial charge in [-0.2, -0.15) is 4.39 Å². The number of halogens is 1. The number of sulfonamides is 1. The number of carbonyl (C=O) groups is 1. The van der Waals surface area contributed by atoms with Crippen LogP contribution in [0.1, 0.15) is 0 Å². The first-order valence-electron chi connectivity index (χ1n) is 4.53. The van der Waals surface area contributed by atoms with E-state index in [4.69, 9.17) is 5.11 Å². The molecule has 0 bridgehead atoms. The quantitative estimate of drug-likeness (QED) is 0.557. The molecule has 0 heterocycles. The van der Waals surface area contributed by atoms with Crippen molar-refractivity contribution in [3.63, 3.8) is 0 Å². The normalized spacial score (nSPS) is 11.2. The van der Waals surface area contributed by atoms with E-state index in [2.05, 4.69) is 4.84 Å². The Morgan fingerprint density at radius 3 is 2.68 bits per heavy atom. The van der Waals surface area contributed by atoms with Crippen LogP contribution < -0.4 is 4.89 Å². The van der Waals surface area contributed by atoms with Gasteiger partial charge in [0.1, 0.15) is 0 Å². The minimum Gasteiger partial charge on any atom is -0.479 e. The number of hydrogen-bond acceptors (Lipinski definition) is 6. The second-order valence-corrected chi connectivity index (χ2v) is 4.78. The SMILES string of the molecule is O=C(O)CONS(=O)(=O)c1ccc(F)c([N+](=O)[O-])c1. The van der Waals surface area contributed by atoms with Crippen molar-refractivity contribution >= 4 is 21.7 Å². The zero-order valence-electron chi connectivity index (χ0n) is 9.07. The van der Waals surface area contributed by atoms with Crippen LogP contribution in [0.15, 0.2) is 23.1 Å². The fourth-order valence-corrected chi connectivity index (χ4v) is 1.84. The van der Waals surface area contributed by atoms with Crippen LogP contribution in [0.5, 0.6) is 0 Å². The first-order chi connectivity index (χ1) is 8.74. The molecule has 0 aromatic heterocycles. The Balaban J connectivity index is 2.99. The van der Waals surface area contributed by atoms with E-state index in [1.165, 1.54) is 4.89 Å². The van der Waals surface area contributed by atoms with Gasteiger partial charge >= 0.3 is 11.7 Å². The fraction of sp³-hybridized carbons (Fsp3) is 0.125. The van der Waals surface area contributed by atoms with Crippen molar-refractivity contribution in [2.75, 3.05) is 6.61 Å². The number of nitro groups is 1. The number of nitrogens with zero attached hydrogens (tertiary/aromatic N) is 1. The third-order valence-electron chi connectivity index (χ3n) is 1.79. The van der Waals surface area contributed by atoms with Crippen molar-refractivity contribution in [3.05, 3.63) is 34.1 Å². The average Bonchev–Trinajstić information content (AvgIpc) is 2.27. The fourth-order valence-electron chi connectivity index (χ4n) is 1.02. The number of carboxylic acid groups (broad SMARTS) is 1. The Labute approximate surface area is 105 Å². The monoisotopic (exact) mass is 294 g/mol. The predicted octanol–water partition coefficient (Wildman–Crippen LogP) is 0.0284. The van der Waals surface area contributed by atoms with Crippen LogP contribution in [-0.4, -0.2) is 31.0 Å². The lowest BCUT2D eigenvalue weighted by Gasteiger charge is -2.05. The summed E-state index contributed by atoms with van der Waals surface area (Å²) in [6, 6.07) is 1.86. The third kappa shape index (κ3) is 3.94. The van der Waals surface area contributed by atoms with Crippen molar-refractivity contribution in [3.8, 4) is 0 Å². The van der Waals surface area contributed by atoms with Gasteiger partial charge in [0.25, 0.3) is 10.0 Å². The summed E-state index contributed by atoms with van der Waals surface area (Å²) in [6.45, 7) is -0.942. The van der Waals surface area contributed by atoms with Crippen molar-refractivity contribution in [2.24, 2.45) is 0 Å². The van der Waals surface area contributed by atoms with E-state index in [0.717, 1.165) is 6.07 Å². The van der Waals surface area contributed by atoms with E-state index >= 15 is 0 Å². The van der Waals surface area contributed by atoms with Crippen LogP contribution >= 0.6 is 0 Å². The molecular formula is C8H7FN2O7S. The Morgan fingerprint density at radius 1 is 1.53 bits per heavy atom. The van der Waals surface area contributed by atoms with Crippen LogP contribution in [0.4, 0.5) is 10.1 Å². The number of hydrogen-bond donors (Lipinski definition) is 2. The largest absolute Gasteiger partial charge is 0.479 e. The van der Waals surface area contributed by atoms with E-state index in [9.17, 15) is 27.7 Å². The molecule has 0 atom stereocenters.